The Balaban J connectivity index is 2.25. The van der Waals surface area contributed by atoms with Gasteiger partial charge in [-0.3, -0.25) is 0 Å². The zero-order valence-corrected chi connectivity index (χ0v) is 5.93. The van der Waals surface area contributed by atoms with Gasteiger partial charge in [0.1, 0.15) is 18.6 Å². The zero-order valence-electron chi connectivity index (χ0n) is 5.93. The van der Waals surface area contributed by atoms with E-state index < -0.39 is 0 Å². The van der Waals surface area contributed by atoms with Crippen LogP contribution in [-0.2, 0) is 4.84 Å². The molecule has 11 heavy (non-hydrogen) atoms. The third-order valence-electron chi connectivity index (χ3n) is 0.980. The van der Waals surface area contributed by atoms with Crippen LogP contribution in [0.25, 0.3) is 0 Å². The number of aliphatic hydroxyl groups is 1. The zero-order chi connectivity index (χ0) is 7.94. The molecule has 1 N–H and O–H groups in total. The second-order valence-electron chi connectivity index (χ2n) is 1.81. The molecular formula is C7H9NO3. The molecule has 0 spiro atoms. The van der Waals surface area contributed by atoms with E-state index in [0.717, 1.165) is 0 Å². The number of oxime groups is 1. The van der Waals surface area contributed by atoms with Crippen LogP contribution in [0, 0.1) is 0 Å². The normalized spacial score (nSPS) is 10.6. The fourth-order valence-electron chi connectivity index (χ4n) is 0.547. The predicted octanol–water partition coefficient (Wildman–Crippen LogP) is 0.622. The van der Waals surface area contributed by atoms with Gasteiger partial charge in [-0.05, 0) is 12.1 Å². The molecule has 0 radical (unpaired) electrons. The third kappa shape index (κ3) is 2.86. The van der Waals surface area contributed by atoms with Crippen molar-refractivity contribution in [2.45, 2.75) is 0 Å². The maximum Gasteiger partial charge on any atom is 0.148 e. The summed E-state index contributed by atoms with van der Waals surface area (Å²) in [6, 6.07) is 3.51. The summed E-state index contributed by atoms with van der Waals surface area (Å²) in [5.74, 6) is 0.628. The summed E-state index contributed by atoms with van der Waals surface area (Å²) < 4.78 is 4.92. The molecule has 60 valence electrons. The Kier molecular flexibility index (Phi) is 3.21. The van der Waals surface area contributed by atoms with E-state index >= 15 is 0 Å². The lowest BCUT2D eigenvalue weighted by Crippen LogP contribution is -1.93. The van der Waals surface area contributed by atoms with Crippen molar-refractivity contribution in [3.05, 3.63) is 24.2 Å². The highest BCUT2D eigenvalue weighted by atomic mass is 16.6. The second kappa shape index (κ2) is 4.51. The highest BCUT2D eigenvalue weighted by molar-refractivity contribution is 5.74. The molecule has 1 aromatic rings. The third-order valence-corrected chi connectivity index (χ3v) is 0.980. The van der Waals surface area contributed by atoms with E-state index in [0.29, 0.717) is 5.76 Å². The van der Waals surface area contributed by atoms with E-state index in [-0.39, 0.29) is 13.2 Å². The average Bonchev–Trinajstić information content (AvgIpc) is 2.50. The SMILES string of the molecule is OCCO/N=C\c1ccco1. The smallest absolute Gasteiger partial charge is 0.148 e. The first-order valence-electron chi connectivity index (χ1n) is 3.23. The van der Waals surface area contributed by atoms with Gasteiger partial charge in [0, 0.05) is 0 Å². The lowest BCUT2D eigenvalue weighted by molar-refractivity contribution is 0.0995. The summed E-state index contributed by atoms with van der Waals surface area (Å²) in [5, 5.41) is 11.8. The molecule has 0 saturated heterocycles. The Morgan fingerprint density at radius 3 is 3.27 bits per heavy atom. The number of aliphatic hydroxyl groups excluding tert-OH is 1. The first kappa shape index (κ1) is 7.81. The van der Waals surface area contributed by atoms with E-state index in [1.54, 1.807) is 18.4 Å². The van der Waals surface area contributed by atoms with Gasteiger partial charge >= 0.3 is 0 Å². The van der Waals surface area contributed by atoms with Crippen LogP contribution in [0.15, 0.2) is 28.0 Å². The Bertz CT molecular complexity index is 205. The summed E-state index contributed by atoms with van der Waals surface area (Å²) in [5.41, 5.74) is 0. The van der Waals surface area contributed by atoms with Gasteiger partial charge in [0.2, 0.25) is 0 Å². The first-order chi connectivity index (χ1) is 5.43. The van der Waals surface area contributed by atoms with Crippen LogP contribution in [0.3, 0.4) is 0 Å². The van der Waals surface area contributed by atoms with Gasteiger partial charge in [-0.15, -0.1) is 0 Å². The van der Waals surface area contributed by atoms with Crippen molar-refractivity contribution in [2.75, 3.05) is 13.2 Å². The molecule has 4 nitrogen and oxygen atoms in total. The van der Waals surface area contributed by atoms with Crippen molar-refractivity contribution in [2.24, 2.45) is 5.16 Å². The number of hydrogen-bond acceptors (Lipinski definition) is 4. The molecule has 0 aliphatic heterocycles. The summed E-state index contributed by atoms with van der Waals surface area (Å²) in [4.78, 5) is 4.62. The van der Waals surface area contributed by atoms with E-state index in [9.17, 15) is 0 Å². The molecule has 1 rings (SSSR count). The fourth-order valence-corrected chi connectivity index (χ4v) is 0.547. The monoisotopic (exact) mass is 155 g/mol. The highest BCUT2D eigenvalue weighted by Crippen LogP contribution is 1.94. The molecule has 1 heterocycles. The Morgan fingerprint density at radius 2 is 2.64 bits per heavy atom. The molecule has 1 aromatic heterocycles. The van der Waals surface area contributed by atoms with E-state index in [1.165, 1.54) is 6.21 Å². The summed E-state index contributed by atoms with van der Waals surface area (Å²) in [6.07, 6.45) is 2.99. The van der Waals surface area contributed by atoms with Gasteiger partial charge in [0.15, 0.2) is 0 Å². The number of hydrogen-bond donors (Lipinski definition) is 1. The van der Waals surface area contributed by atoms with E-state index in [1.807, 2.05) is 0 Å². The topological polar surface area (TPSA) is 55.0 Å². The second-order valence-corrected chi connectivity index (χ2v) is 1.81. The Morgan fingerprint density at radius 1 is 1.73 bits per heavy atom. The predicted molar refractivity (Wildman–Crippen MR) is 39.3 cm³/mol. The standard InChI is InChI=1S/C7H9NO3/c9-3-5-11-8-6-7-2-1-4-10-7/h1-2,4,6,9H,3,5H2/b8-6-. The summed E-state index contributed by atoms with van der Waals surface area (Å²) >= 11 is 0. The van der Waals surface area contributed by atoms with Crippen molar-refractivity contribution in [3.63, 3.8) is 0 Å². The molecule has 0 bridgehead atoms. The molecule has 0 atom stereocenters. The fraction of sp³-hybridized carbons (Fsp3) is 0.286. The molecular weight excluding hydrogens is 146 g/mol. The average molecular weight is 155 g/mol. The molecule has 4 heteroatoms. The number of rotatable bonds is 4. The van der Waals surface area contributed by atoms with Crippen LogP contribution in [0.5, 0.6) is 0 Å². The van der Waals surface area contributed by atoms with Crippen LogP contribution in [0.2, 0.25) is 0 Å². The lowest BCUT2D eigenvalue weighted by atomic mass is 10.5. The van der Waals surface area contributed by atoms with Crippen molar-refractivity contribution in [1.82, 2.24) is 0 Å². The highest BCUT2D eigenvalue weighted by Gasteiger charge is 1.86. The maximum absolute atomic E-state index is 8.30. The van der Waals surface area contributed by atoms with Crippen LogP contribution < -0.4 is 0 Å². The van der Waals surface area contributed by atoms with Crippen molar-refractivity contribution < 1.29 is 14.4 Å². The minimum Gasteiger partial charge on any atom is -0.463 e. The molecule has 0 fully saturated rings. The Hall–Kier alpha value is -1.29. The molecule has 0 unspecified atom stereocenters. The minimum absolute atomic E-state index is 0.0322. The van der Waals surface area contributed by atoms with Crippen molar-refractivity contribution >= 4 is 6.21 Å². The number of nitrogens with zero attached hydrogens (tertiary/aromatic N) is 1. The van der Waals surface area contributed by atoms with Gasteiger partial charge in [-0.1, -0.05) is 5.16 Å². The van der Waals surface area contributed by atoms with Crippen LogP contribution in [-0.4, -0.2) is 24.5 Å². The molecule has 0 saturated carbocycles. The molecule has 0 amide bonds. The Labute approximate surface area is 64.1 Å². The van der Waals surface area contributed by atoms with Gasteiger partial charge in [0.05, 0.1) is 12.9 Å². The van der Waals surface area contributed by atoms with Gasteiger partial charge in [-0.2, -0.15) is 0 Å². The quantitative estimate of drug-likeness (QED) is 0.394. The number of furan rings is 1. The van der Waals surface area contributed by atoms with Crippen molar-refractivity contribution in [3.8, 4) is 0 Å². The van der Waals surface area contributed by atoms with Gasteiger partial charge < -0.3 is 14.4 Å². The van der Waals surface area contributed by atoms with E-state index in [2.05, 4.69) is 9.99 Å². The minimum atomic E-state index is -0.0322. The van der Waals surface area contributed by atoms with Crippen LogP contribution >= 0.6 is 0 Å². The lowest BCUT2D eigenvalue weighted by Gasteiger charge is -1.90. The molecule has 0 aliphatic rings. The summed E-state index contributed by atoms with van der Waals surface area (Å²) in [6.45, 7) is 0.173. The molecule has 0 aliphatic carbocycles. The van der Waals surface area contributed by atoms with E-state index in [4.69, 9.17) is 9.52 Å². The molecule has 0 aromatic carbocycles. The van der Waals surface area contributed by atoms with Gasteiger partial charge in [0.25, 0.3) is 0 Å². The summed E-state index contributed by atoms with van der Waals surface area (Å²) in [7, 11) is 0. The van der Waals surface area contributed by atoms with Crippen LogP contribution in [0.1, 0.15) is 5.76 Å². The van der Waals surface area contributed by atoms with Crippen LogP contribution in [0.4, 0.5) is 0 Å². The van der Waals surface area contributed by atoms with Gasteiger partial charge in [-0.25, -0.2) is 0 Å². The van der Waals surface area contributed by atoms with Crippen molar-refractivity contribution in [1.29, 1.82) is 0 Å². The largest absolute Gasteiger partial charge is 0.463 e. The first-order valence-corrected chi connectivity index (χ1v) is 3.23. The maximum atomic E-state index is 8.30.